The Labute approximate surface area is 140 Å². The van der Waals surface area contributed by atoms with Crippen LogP contribution in [-0.4, -0.2) is 24.4 Å². The number of anilines is 2. The molecule has 0 unspecified atom stereocenters. The zero-order valence-corrected chi connectivity index (χ0v) is 13.7. The summed E-state index contributed by atoms with van der Waals surface area (Å²) in [6.07, 6.45) is 0. The van der Waals surface area contributed by atoms with Crippen molar-refractivity contribution in [2.45, 2.75) is 6.92 Å². The Hall–Kier alpha value is -2.61. The van der Waals surface area contributed by atoms with E-state index in [2.05, 4.69) is 26.6 Å². The topological polar surface area (TPSA) is 97.6 Å². The molecule has 1 heterocycles. The van der Waals surface area contributed by atoms with Crippen LogP contribution in [0.4, 0.5) is 11.4 Å². The minimum Gasteiger partial charge on any atom is -0.450 e. The van der Waals surface area contributed by atoms with Crippen molar-refractivity contribution in [3.8, 4) is 0 Å². The number of amides is 2. The van der Waals surface area contributed by atoms with Gasteiger partial charge in [0.1, 0.15) is 0 Å². The van der Waals surface area contributed by atoms with E-state index in [0.717, 1.165) is 0 Å². The predicted molar refractivity (Wildman–Crippen MR) is 86.1 cm³/mol. The van der Waals surface area contributed by atoms with Gasteiger partial charge in [0.15, 0.2) is 11.3 Å². The molecule has 0 saturated carbocycles. The Morgan fingerprint density at radius 3 is 2.17 bits per heavy atom. The highest BCUT2D eigenvalue weighted by atomic mass is 79.9. The van der Waals surface area contributed by atoms with E-state index in [0.29, 0.717) is 16.0 Å². The molecule has 0 spiro atoms. The van der Waals surface area contributed by atoms with Gasteiger partial charge in [-0.25, -0.2) is 4.79 Å². The van der Waals surface area contributed by atoms with E-state index >= 15 is 0 Å². The average Bonchev–Trinajstić information content (AvgIpc) is 2.93. The molecule has 0 radical (unpaired) electrons. The van der Waals surface area contributed by atoms with Crippen LogP contribution in [-0.2, 0) is 14.3 Å². The fourth-order valence-corrected chi connectivity index (χ4v) is 1.97. The molecule has 2 rings (SSSR count). The van der Waals surface area contributed by atoms with E-state index in [9.17, 15) is 14.4 Å². The van der Waals surface area contributed by atoms with Crippen molar-refractivity contribution in [2.24, 2.45) is 0 Å². The summed E-state index contributed by atoms with van der Waals surface area (Å²) in [4.78, 5) is 34.2. The molecule has 23 heavy (non-hydrogen) atoms. The number of carbonyl (C=O) groups excluding carboxylic acids is 3. The summed E-state index contributed by atoms with van der Waals surface area (Å²) in [6.45, 7) is 0.964. The van der Waals surface area contributed by atoms with Crippen molar-refractivity contribution in [3.05, 3.63) is 46.8 Å². The number of halogens is 1. The molecule has 2 amide bonds. The van der Waals surface area contributed by atoms with Crippen molar-refractivity contribution in [1.82, 2.24) is 0 Å². The summed E-state index contributed by atoms with van der Waals surface area (Å²) in [5, 5.41) is 5.18. The van der Waals surface area contributed by atoms with Gasteiger partial charge in [-0.2, -0.15) is 0 Å². The SMILES string of the molecule is CC(=O)Nc1ccc(NC(=O)COC(=O)c2ccc(Br)o2)cc1. The fourth-order valence-electron chi connectivity index (χ4n) is 1.66. The second kappa shape index (κ2) is 7.59. The van der Waals surface area contributed by atoms with Gasteiger partial charge in [0, 0.05) is 18.3 Å². The lowest BCUT2D eigenvalue weighted by atomic mass is 10.2. The maximum atomic E-state index is 11.7. The minimum absolute atomic E-state index is 0.00401. The zero-order chi connectivity index (χ0) is 16.8. The third kappa shape index (κ3) is 5.26. The number of hydrogen-bond acceptors (Lipinski definition) is 5. The van der Waals surface area contributed by atoms with Gasteiger partial charge in [-0.05, 0) is 52.3 Å². The summed E-state index contributed by atoms with van der Waals surface area (Å²) >= 11 is 3.07. The molecular weight excluding hydrogens is 368 g/mol. The quantitative estimate of drug-likeness (QED) is 0.777. The molecule has 120 valence electrons. The first-order chi connectivity index (χ1) is 10.9. The Bertz CT molecular complexity index is 724. The first-order valence-corrected chi connectivity index (χ1v) is 7.33. The van der Waals surface area contributed by atoms with Crippen LogP contribution in [0, 0.1) is 0 Å². The van der Waals surface area contributed by atoms with Crippen LogP contribution in [0.3, 0.4) is 0 Å². The van der Waals surface area contributed by atoms with Crippen molar-refractivity contribution < 1.29 is 23.5 Å². The Morgan fingerprint density at radius 1 is 1.04 bits per heavy atom. The van der Waals surface area contributed by atoms with E-state index in [4.69, 9.17) is 9.15 Å². The maximum Gasteiger partial charge on any atom is 0.374 e. The molecule has 0 saturated heterocycles. The highest BCUT2D eigenvalue weighted by molar-refractivity contribution is 9.10. The number of nitrogens with one attached hydrogen (secondary N) is 2. The van der Waals surface area contributed by atoms with Crippen molar-refractivity contribution >= 4 is 45.1 Å². The molecule has 0 atom stereocenters. The Kier molecular flexibility index (Phi) is 5.53. The molecule has 2 aromatic rings. The van der Waals surface area contributed by atoms with Crippen molar-refractivity contribution in [2.75, 3.05) is 17.2 Å². The molecule has 1 aromatic heterocycles. The van der Waals surface area contributed by atoms with Gasteiger partial charge in [0.25, 0.3) is 5.91 Å². The van der Waals surface area contributed by atoms with E-state index < -0.39 is 18.5 Å². The van der Waals surface area contributed by atoms with Crippen LogP contribution in [0.5, 0.6) is 0 Å². The zero-order valence-electron chi connectivity index (χ0n) is 12.1. The number of benzene rings is 1. The molecule has 8 heteroatoms. The highest BCUT2D eigenvalue weighted by Gasteiger charge is 2.14. The van der Waals surface area contributed by atoms with Crippen LogP contribution >= 0.6 is 15.9 Å². The summed E-state index contributed by atoms with van der Waals surface area (Å²) in [5.74, 6) is -1.40. The Balaban J connectivity index is 1.82. The van der Waals surface area contributed by atoms with Gasteiger partial charge in [0.2, 0.25) is 11.7 Å². The van der Waals surface area contributed by atoms with Gasteiger partial charge in [-0.1, -0.05) is 0 Å². The Morgan fingerprint density at radius 2 is 1.65 bits per heavy atom. The summed E-state index contributed by atoms with van der Waals surface area (Å²) in [7, 11) is 0. The standard InChI is InChI=1S/C15H13BrN2O5/c1-9(19)17-10-2-4-11(5-3-10)18-14(20)8-22-15(21)12-6-7-13(16)23-12/h2-7H,8H2,1H3,(H,17,19)(H,18,20). The van der Waals surface area contributed by atoms with Crippen LogP contribution in [0.1, 0.15) is 17.5 Å². The third-order valence-electron chi connectivity index (χ3n) is 2.60. The maximum absolute atomic E-state index is 11.7. The van der Waals surface area contributed by atoms with Crippen molar-refractivity contribution in [1.29, 1.82) is 0 Å². The summed E-state index contributed by atoms with van der Waals surface area (Å²) < 4.78 is 10.2. The molecule has 0 bridgehead atoms. The number of ether oxygens (including phenoxy) is 1. The molecule has 0 aliphatic carbocycles. The van der Waals surface area contributed by atoms with Gasteiger partial charge in [-0.3, -0.25) is 9.59 Å². The first-order valence-electron chi connectivity index (χ1n) is 6.54. The number of furan rings is 1. The first kappa shape index (κ1) is 16.8. The van der Waals surface area contributed by atoms with Gasteiger partial charge in [-0.15, -0.1) is 0 Å². The lowest BCUT2D eigenvalue weighted by molar-refractivity contribution is -0.119. The van der Waals surface area contributed by atoms with Crippen LogP contribution in [0.2, 0.25) is 0 Å². The van der Waals surface area contributed by atoms with E-state index in [1.54, 1.807) is 30.3 Å². The number of esters is 1. The van der Waals surface area contributed by atoms with Gasteiger partial charge >= 0.3 is 5.97 Å². The second-order valence-electron chi connectivity index (χ2n) is 4.49. The van der Waals surface area contributed by atoms with Crippen LogP contribution in [0.25, 0.3) is 0 Å². The van der Waals surface area contributed by atoms with E-state index in [1.165, 1.54) is 13.0 Å². The smallest absolute Gasteiger partial charge is 0.374 e. The monoisotopic (exact) mass is 380 g/mol. The number of hydrogen-bond donors (Lipinski definition) is 2. The lowest BCUT2D eigenvalue weighted by Gasteiger charge is -2.07. The molecule has 0 fully saturated rings. The number of carbonyl (C=O) groups is 3. The third-order valence-corrected chi connectivity index (χ3v) is 3.02. The molecule has 7 nitrogen and oxygen atoms in total. The number of rotatable bonds is 5. The minimum atomic E-state index is -0.730. The second-order valence-corrected chi connectivity index (χ2v) is 5.27. The molecule has 2 N–H and O–H groups in total. The molecule has 0 aliphatic rings. The van der Waals surface area contributed by atoms with E-state index in [-0.39, 0.29) is 11.7 Å². The summed E-state index contributed by atoms with van der Waals surface area (Å²) in [5.41, 5.74) is 1.13. The molecular formula is C15H13BrN2O5. The summed E-state index contributed by atoms with van der Waals surface area (Å²) in [6, 6.07) is 9.51. The molecule has 0 aliphatic heterocycles. The largest absolute Gasteiger partial charge is 0.450 e. The van der Waals surface area contributed by atoms with E-state index in [1.807, 2.05) is 0 Å². The fraction of sp³-hybridized carbons (Fsp3) is 0.133. The lowest BCUT2D eigenvalue weighted by Crippen LogP contribution is -2.20. The van der Waals surface area contributed by atoms with Crippen molar-refractivity contribution in [3.63, 3.8) is 0 Å². The normalized spacial score (nSPS) is 10.0. The average molecular weight is 381 g/mol. The van der Waals surface area contributed by atoms with Crippen LogP contribution in [0.15, 0.2) is 45.5 Å². The van der Waals surface area contributed by atoms with Gasteiger partial charge < -0.3 is 19.8 Å². The van der Waals surface area contributed by atoms with Crippen LogP contribution < -0.4 is 10.6 Å². The van der Waals surface area contributed by atoms with Gasteiger partial charge in [0.05, 0.1) is 0 Å². The highest BCUT2D eigenvalue weighted by Crippen LogP contribution is 2.15. The molecule has 1 aromatic carbocycles. The predicted octanol–water partition coefficient (Wildman–Crippen LogP) is 2.80.